The smallest absolute Gasteiger partial charge is 0.326 e. The van der Waals surface area contributed by atoms with E-state index in [4.69, 9.17) is 9.47 Å². The second-order valence-corrected chi connectivity index (χ2v) is 5.09. The first-order valence-corrected chi connectivity index (χ1v) is 6.86. The number of carbonyl (C=O) groups is 1. The van der Waals surface area contributed by atoms with Crippen molar-refractivity contribution in [2.75, 3.05) is 6.61 Å². The maximum Gasteiger partial charge on any atom is 0.326 e. The highest BCUT2D eigenvalue weighted by molar-refractivity contribution is 5.82. The Labute approximate surface area is 118 Å². The summed E-state index contributed by atoms with van der Waals surface area (Å²) in [6, 6.07) is 7.38. The summed E-state index contributed by atoms with van der Waals surface area (Å²) in [5, 5.41) is 2.52. The van der Waals surface area contributed by atoms with Crippen LogP contribution in [0.25, 0.3) is 0 Å². The molecule has 20 heavy (non-hydrogen) atoms. The molecule has 5 heteroatoms. The monoisotopic (exact) mass is 277 g/mol. The van der Waals surface area contributed by atoms with Crippen LogP contribution in [0.2, 0.25) is 0 Å². The predicted octanol–water partition coefficient (Wildman–Crippen LogP) is 2.85. The van der Waals surface area contributed by atoms with Crippen LogP contribution in [0, 0.1) is 17.7 Å². The van der Waals surface area contributed by atoms with Crippen molar-refractivity contribution in [1.82, 2.24) is 0 Å². The van der Waals surface area contributed by atoms with E-state index in [9.17, 15) is 9.70 Å². The average molecular weight is 277 g/mol. The van der Waals surface area contributed by atoms with E-state index in [-0.39, 0.29) is 12.0 Å². The lowest BCUT2D eigenvalue weighted by molar-refractivity contribution is -0.133. The van der Waals surface area contributed by atoms with E-state index in [1.54, 1.807) is 12.1 Å². The van der Waals surface area contributed by atoms with Gasteiger partial charge in [-0.2, -0.15) is 0 Å². The van der Waals surface area contributed by atoms with Crippen molar-refractivity contribution >= 4 is 5.91 Å². The molecule has 1 aliphatic rings. The van der Waals surface area contributed by atoms with Crippen molar-refractivity contribution in [3.05, 3.63) is 34.7 Å². The quantitative estimate of drug-likeness (QED) is 0.750. The van der Waals surface area contributed by atoms with Gasteiger partial charge >= 0.3 is 5.91 Å². The lowest BCUT2D eigenvalue weighted by Gasteiger charge is -2.38. The molecule has 0 aromatic heterocycles. The van der Waals surface area contributed by atoms with Crippen LogP contribution in [-0.2, 0) is 9.53 Å². The Morgan fingerprint density at radius 3 is 2.55 bits per heavy atom. The molecule has 1 aliphatic carbocycles. The molecule has 0 spiro atoms. The molecule has 0 bridgehead atoms. The minimum Gasteiger partial charge on any atom is -0.480 e. The number of amides is 1. The van der Waals surface area contributed by atoms with E-state index >= 15 is 0 Å². The Hall–Kier alpha value is -1.75. The Morgan fingerprint density at radius 1 is 1.35 bits per heavy atom. The van der Waals surface area contributed by atoms with Crippen LogP contribution in [0.4, 0.5) is 0 Å². The molecule has 0 heterocycles. The van der Waals surface area contributed by atoms with Gasteiger partial charge in [-0.1, -0.05) is 17.7 Å². The maximum atomic E-state index is 11.6. The van der Waals surface area contributed by atoms with Gasteiger partial charge in [-0.25, -0.2) is 0 Å². The van der Waals surface area contributed by atoms with Crippen LogP contribution >= 0.6 is 0 Å². The van der Waals surface area contributed by atoms with Crippen LogP contribution in [-0.4, -0.2) is 24.7 Å². The summed E-state index contributed by atoms with van der Waals surface area (Å²) in [6.07, 6.45) is 0.817. The van der Waals surface area contributed by atoms with Crippen molar-refractivity contribution in [3.63, 3.8) is 0 Å². The second kappa shape index (κ2) is 6.61. The van der Waals surface area contributed by atoms with Gasteiger partial charge in [0.1, 0.15) is 5.75 Å². The molecule has 0 saturated heterocycles. The first kappa shape index (κ1) is 14.7. The Morgan fingerprint density at radius 2 is 2.00 bits per heavy atom. The molecular formula is C15H19NO4. The van der Waals surface area contributed by atoms with Crippen molar-refractivity contribution < 1.29 is 14.3 Å². The topological polar surface area (TPSA) is 65.0 Å². The van der Waals surface area contributed by atoms with Gasteiger partial charge in [0, 0.05) is 17.7 Å². The minimum atomic E-state index is -0.799. The van der Waals surface area contributed by atoms with Gasteiger partial charge in [0.15, 0.2) is 6.10 Å². The molecule has 1 aromatic rings. The minimum absolute atomic E-state index is 0.00180. The molecule has 1 unspecified atom stereocenters. The fourth-order valence-corrected chi connectivity index (χ4v) is 2.39. The zero-order chi connectivity index (χ0) is 14.5. The van der Waals surface area contributed by atoms with E-state index in [2.05, 4.69) is 5.18 Å². The van der Waals surface area contributed by atoms with Crippen LogP contribution < -0.4 is 4.74 Å². The number of carbonyl (C=O) groups excluding carboxylic acids is 1. The summed E-state index contributed by atoms with van der Waals surface area (Å²) in [5.41, 5.74) is 1.11. The SMILES string of the molecule is CCOC1CC(C(Oc2ccc(C)cc2)C(=O)N=O)C1. The lowest BCUT2D eigenvalue weighted by atomic mass is 9.78. The Bertz CT molecular complexity index is 465. The standard InChI is InChI=1S/C15H19NO4/c1-3-19-13-8-11(9-13)14(15(17)16-18)20-12-6-4-10(2)5-7-12/h4-7,11,13-14H,3,8-9H2,1-2H3. The molecule has 0 aliphatic heterocycles. The summed E-state index contributed by atoms with van der Waals surface area (Å²) in [6.45, 7) is 4.56. The van der Waals surface area contributed by atoms with Gasteiger partial charge in [-0.15, -0.1) is 4.91 Å². The van der Waals surface area contributed by atoms with Gasteiger partial charge in [-0.05, 0) is 38.8 Å². The maximum absolute atomic E-state index is 11.6. The van der Waals surface area contributed by atoms with E-state index in [0.29, 0.717) is 12.4 Å². The number of ether oxygens (including phenoxy) is 2. The predicted molar refractivity (Wildman–Crippen MR) is 74.5 cm³/mol. The Balaban J connectivity index is 2.00. The number of nitrogens with zero attached hydrogens (tertiary/aromatic N) is 1. The van der Waals surface area contributed by atoms with E-state index < -0.39 is 12.0 Å². The van der Waals surface area contributed by atoms with Crippen molar-refractivity contribution in [3.8, 4) is 5.75 Å². The first-order valence-electron chi connectivity index (χ1n) is 6.86. The third kappa shape index (κ3) is 3.42. The van der Waals surface area contributed by atoms with Gasteiger partial charge < -0.3 is 9.47 Å². The van der Waals surface area contributed by atoms with Gasteiger partial charge in [-0.3, -0.25) is 4.79 Å². The molecule has 0 radical (unpaired) electrons. The molecule has 1 amide bonds. The molecule has 1 saturated carbocycles. The second-order valence-electron chi connectivity index (χ2n) is 5.09. The zero-order valence-corrected chi connectivity index (χ0v) is 11.7. The summed E-state index contributed by atoms with van der Waals surface area (Å²) in [7, 11) is 0. The van der Waals surface area contributed by atoms with Crippen molar-refractivity contribution in [2.45, 2.75) is 38.9 Å². The average Bonchev–Trinajstić information content (AvgIpc) is 2.41. The molecule has 0 N–H and O–H groups in total. The Kier molecular flexibility index (Phi) is 4.84. The number of hydrogen-bond donors (Lipinski definition) is 0. The van der Waals surface area contributed by atoms with Crippen LogP contribution in [0.15, 0.2) is 29.4 Å². The highest BCUT2D eigenvalue weighted by Crippen LogP contribution is 2.35. The van der Waals surface area contributed by atoms with Crippen LogP contribution in [0.5, 0.6) is 5.75 Å². The molecule has 2 rings (SSSR count). The van der Waals surface area contributed by atoms with E-state index in [1.807, 2.05) is 26.0 Å². The normalized spacial score (nSPS) is 22.7. The molecule has 5 nitrogen and oxygen atoms in total. The summed E-state index contributed by atoms with van der Waals surface area (Å²) < 4.78 is 11.1. The van der Waals surface area contributed by atoms with Crippen molar-refractivity contribution in [2.24, 2.45) is 11.1 Å². The third-order valence-corrected chi connectivity index (χ3v) is 3.58. The van der Waals surface area contributed by atoms with Crippen molar-refractivity contribution in [1.29, 1.82) is 0 Å². The van der Waals surface area contributed by atoms with E-state index in [1.165, 1.54) is 0 Å². The third-order valence-electron chi connectivity index (χ3n) is 3.58. The first-order chi connectivity index (χ1) is 9.63. The molecule has 108 valence electrons. The fourth-order valence-electron chi connectivity index (χ4n) is 2.39. The van der Waals surface area contributed by atoms with Crippen LogP contribution in [0.3, 0.4) is 0 Å². The fraction of sp³-hybridized carbons (Fsp3) is 0.533. The lowest BCUT2D eigenvalue weighted by Crippen LogP contribution is -2.45. The largest absolute Gasteiger partial charge is 0.480 e. The zero-order valence-electron chi connectivity index (χ0n) is 11.7. The molecule has 1 fully saturated rings. The van der Waals surface area contributed by atoms with Gasteiger partial charge in [0.2, 0.25) is 0 Å². The van der Waals surface area contributed by atoms with Crippen LogP contribution in [0.1, 0.15) is 25.3 Å². The molecular weight excluding hydrogens is 258 g/mol. The summed E-state index contributed by atoms with van der Waals surface area (Å²) in [4.78, 5) is 22.2. The number of hydrogen-bond acceptors (Lipinski definition) is 4. The molecule has 1 aromatic carbocycles. The highest BCUT2D eigenvalue weighted by atomic mass is 16.5. The number of rotatable bonds is 6. The molecule has 1 atom stereocenters. The number of aryl methyl sites for hydroxylation is 1. The number of nitroso groups, excluding NO2 is 1. The summed E-state index contributed by atoms with van der Waals surface area (Å²) in [5.74, 6) is -0.166. The number of benzene rings is 1. The van der Waals surface area contributed by atoms with Gasteiger partial charge in [0.25, 0.3) is 0 Å². The van der Waals surface area contributed by atoms with E-state index in [0.717, 1.165) is 18.4 Å². The highest BCUT2D eigenvalue weighted by Gasteiger charge is 2.41. The summed E-state index contributed by atoms with van der Waals surface area (Å²) >= 11 is 0. The van der Waals surface area contributed by atoms with Gasteiger partial charge in [0.05, 0.1) is 6.10 Å².